The van der Waals surface area contributed by atoms with Crippen molar-refractivity contribution in [3.05, 3.63) is 0 Å². The Kier molecular flexibility index (Phi) is 6.82. The lowest BCUT2D eigenvalue weighted by Crippen LogP contribution is -2.54. The predicted octanol–water partition coefficient (Wildman–Crippen LogP) is 0.861. The van der Waals surface area contributed by atoms with Crippen molar-refractivity contribution in [1.29, 1.82) is 0 Å². The smallest absolute Gasteiger partial charge is 0.410 e. The number of amides is 3. The van der Waals surface area contributed by atoms with Crippen LogP contribution in [0.1, 0.15) is 53.9 Å². The summed E-state index contributed by atoms with van der Waals surface area (Å²) in [5, 5.41) is 10.8. The minimum Gasteiger partial charge on any atom is -0.444 e. The highest BCUT2D eigenvalue weighted by Crippen LogP contribution is 2.27. The fourth-order valence-corrected chi connectivity index (χ4v) is 2.85. The highest BCUT2D eigenvalue weighted by molar-refractivity contribution is 5.84. The molecular weight excluding hydrogens is 326 g/mol. The Morgan fingerprint density at radius 2 is 1.92 bits per heavy atom. The molecule has 1 aliphatic heterocycles. The molecule has 0 spiro atoms. The lowest BCUT2D eigenvalue weighted by molar-refractivity contribution is -0.143. The van der Waals surface area contributed by atoms with E-state index in [0.29, 0.717) is 19.4 Å². The van der Waals surface area contributed by atoms with Gasteiger partial charge in [0.2, 0.25) is 11.8 Å². The number of ether oxygens (including phenoxy) is 1. The Morgan fingerprint density at radius 3 is 2.40 bits per heavy atom. The maximum Gasteiger partial charge on any atom is 0.410 e. The van der Waals surface area contributed by atoms with Crippen molar-refractivity contribution in [2.24, 2.45) is 5.73 Å². The second-order valence-corrected chi connectivity index (χ2v) is 7.99. The quantitative estimate of drug-likeness (QED) is 0.758. The number of nitrogens with two attached hydrogens (primary N) is 1. The number of likely N-dealkylation sites (tertiary alicyclic amines) is 1. The maximum atomic E-state index is 12.5. The number of nitrogens with zero attached hydrogens (tertiary/aromatic N) is 2. The third-order valence-electron chi connectivity index (χ3n) is 3.96. The van der Waals surface area contributed by atoms with Gasteiger partial charge in [-0.3, -0.25) is 9.59 Å². The van der Waals surface area contributed by atoms with Crippen LogP contribution < -0.4 is 5.73 Å². The van der Waals surface area contributed by atoms with Crippen LogP contribution in [0.5, 0.6) is 0 Å². The molecule has 8 heteroatoms. The number of hydrogen-bond donors (Lipinski definition) is 2. The van der Waals surface area contributed by atoms with Crippen LogP contribution in [0, 0.1) is 0 Å². The first kappa shape index (κ1) is 21.2. The first-order valence-electron chi connectivity index (χ1n) is 8.61. The van der Waals surface area contributed by atoms with Crippen molar-refractivity contribution in [1.82, 2.24) is 9.80 Å². The van der Waals surface area contributed by atoms with Crippen LogP contribution in [-0.2, 0) is 14.3 Å². The van der Waals surface area contributed by atoms with Gasteiger partial charge in [0.05, 0.1) is 25.1 Å². The van der Waals surface area contributed by atoms with Crippen LogP contribution >= 0.6 is 0 Å². The van der Waals surface area contributed by atoms with Crippen LogP contribution in [0.25, 0.3) is 0 Å². The molecule has 1 heterocycles. The van der Waals surface area contributed by atoms with Gasteiger partial charge in [0.1, 0.15) is 5.60 Å². The number of primary amides is 1. The van der Waals surface area contributed by atoms with Gasteiger partial charge in [-0.1, -0.05) is 0 Å². The number of β-amino-alcohol motifs (C(OH)–C–C–N with tert-alkyl or cyclic N) is 1. The molecule has 144 valence electrons. The minimum atomic E-state index is -1.34. The average molecular weight is 357 g/mol. The number of piperidine rings is 1. The molecule has 1 rings (SSSR count). The van der Waals surface area contributed by atoms with Gasteiger partial charge < -0.3 is 25.4 Å². The third-order valence-corrected chi connectivity index (χ3v) is 3.96. The summed E-state index contributed by atoms with van der Waals surface area (Å²) in [6.07, 6.45) is 0.301. The van der Waals surface area contributed by atoms with E-state index in [2.05, 4.69) is 0 Å². The average Bonchev–Trinajstić information content (AvgIpc) is 2.41. The van der Waals surface area contributed by atoms with Crippen LogP contribution in [-0.4, -0.2) is 69.7 Å². The summed E-state index contributed by atoms with van der Waals surface area (Å²) in [4.78, 5) is 38.7. The molecule has 25 heavy (non-hydrogen) atoms. The Balaban J connectivity index is 2.77. The Morgan fingerprint density at radius 1 is 1.32 bits per heavy atom. The van der Waals surface area contributed by atoms with Crippen LogP contribution in [0.2, 0.25) is 0 Å². The Hall–Kier alpha value is -1.83. The maximum absolute atomic E-state index is 12.5. The number of carbonyl (C=O) groups excluding carboxylic acids is 3. The monoisotopic (exact) mass is 357 g/mol. The van der Waals surface area contributed by atoms with E-state index >= 15 is 0 Å². The van der Waals surface area contributed by atoms with Gasteiger partial charge in [-0.25, -0.2) is 4.79 Å². The molecular formula is C17H31N3O5. The summed E-state index contributed by atoms with van der Waals surface area (Å²) >= 11 is 0. The van der Waals surface area contributed by atoms with Crippen molar-refractivity contribution in [2.75, 3.05) is 19.6 Å². The Bertz CT molecular complexity index is 515. The largest absolute Gasteiger partial charge is 0.444 e. The zero-order chi connectivity index (χ0) is 19.4. The molecule has 8 nitrogen and oxygen atoms in total. The van der Waals surface area contributed by atoms with Gasteiger partial charge in [-0.05, 0) is 47.5 Å². The van der Waals surface area contributed by atoms with E-state index in [4.69, 9.17) is 10.5 Å². The van der Waals surface area contributed by atoms with E-state index in [9.17, 15) is 19.5 Å². The highest BCUT2D eigenvalue weighted by atomic mass is 16.6. The second kappa shape index (κ2) is 8.03. The molecule has 0 aliphatic carbocycles. The van der Waals surface area contributed by atoms with E-state index in [1.165, 1.54) is 9.80 Å². The van der Waals surface area contributed by atoms with Gasteiger partial charge >= 0.3 is 6.09 Å². The Labute approximate surface area is 149 Å². The van der Waals surface area contributed by atoms with Crippen molar-refractivity contribution in [3.63, 3.8) is 0 Å². The molecule has 0 saturated carbocycles. The van der Waals surface area contributed by atoms with Crippen LogP contribution in [0.4, 0.5) is 4.79 Å². The summed E-state index contributed by atoms with van der Waals surface area (Å²) < 4.78 is 5.33. The molecule has 0 aromatic rings. The molecule has 3 N–H and O–H groups in total. The lowest BCUT2D eigenvalue weighted by atomic mass is 9.89. The SMILES string of the molecule is CC(C)N(CC(N)=O)C(=O)CC1(O)CCCN(C(=O)OC(C)(C)C)C1. The fraction of sp³-hybridized carbons (Fsp3) is 0.824. The van der Waals surface area contributed by atoms with Crippen molar-refractivity contribution >= 4 is 17.9 Å². The molecule has 1 aliphatic rings. The van der Waals surface area contributed by atoms with Crippen molar-refractivity contribution in [3.8, 4) is 0 Å². The van der Waals surface area contributed by atoms with Gasteiger partial charge in [0, 0.05) is 12.6 Å². The van der Waals surface area contributed by atoms with E-state index in [-0.39, 0.29) is 31.5 Å². The normalized spacial score (nSPS) is 21.2. The topological polar surface area (TPSA) is 113 Å². The summed E-state index contributed by atoms with van der Waals surface area (Å²) in [6, 6.07) is -0.214. The molecule has 0 radical (unpaired) electrons. The standard InChI is InChI=1S/C17H31N3O5/c1-12(2)20(10-13(18)21)14(22)9-17(24)7-6-8-19(11-17)15(23)25-16(3,4)5/h12,24H,6-11H2,1-5H3,(H2,18,21). The first-order valence-corrected chi connectivity index (χ1v) is 8.61. The minimum absolute atomic E-state index is 0.0240. The van der Waals surface area contributed by atoms with Crippen LogP contribution in [0.15, 0.2) is 0 Å². The number of rotatable bonds is 5. The van der Waals surface area contributed by atoms with E-state index in [1.54, 1.807) is 34.6 Å². The number of aliphatic hydroxyl groups is 1. The van der Waals surface area contributed by atoms with Gasteiger partial charge in [0.25, 0.3) is 0 Å². The van der Waals surface area contributed by atoms with Gasteiger partial charge in [-0.2, -0.15) is 0 Å². The third kappa shape index (κ3) is 6.89. The lowest BCUT2D eigenvalue weighted by Gasteiger charge is -2.40. The van der Waals surface area contributed by atoms with Crippen molar-refractivity contribution < 1.29 is 24.2 Å². The predicted molar refractivity (Wildman–Crippen MR) is 92.7 cm³/mol. The highest BCUT2D eigenvalue weighted by Gasteiger charge is 2.39. The van der Waals surface area contributed by atoms with Crippen molar-refractivity contribution in [2.45, 2.75) is 71.1 Å². The fourth-order valence-electron chi connectivity index (χ4n) is 2.85. The molecule has 1 atom stereocenters. The molecule has 0 bridgehead atoms. The zero-order valence-electron chi connectivity index (χ0n) is 15.9. The second-order valence-electron chi connectivity index (χ2n) is 7.99. The van der Waals surface area contributed by atoms with Gasteiger partial charge in [0.15, 0.2) is 0 Å². The molecule has 3 amide bonds. The summed E-state index contributed by atoms with van der Waals surface area (Å²) in [6.45, 7) is 9.18. The summed E-state index contributed by atoms with van der Waals surface area (Å²) in [7, 11) is 0. The van der Waals surface area contributed by atoms with E-state index in [1.807, 2.05) is 0 Å². The van der Waals surface area contributed by atoms with Crippen LogP contribution in [0.3, 0.4) is 0 Å². The van der Waals surface area contributed by atoms with E-state index in [0.717, 1.165) is 0 Å². The molecule has 1 saturated heterocycles. The zero-order valence-corrected chi connectivity index (χ0v) is 15.9. The first-order chi connectivity index (χ1) is 11.3. The number of carbonyl (C=O) groups is 3. The molecule has 1 unspecified atom stereocenters. The summed E-state index contributed by atoms with van der Waals surface area (Å²) in [5.41, 5.74) is 3.23. The summed E-state index contributed by atoms with van der Waals surface area (Å²) in [5.74, 6) is -0.963. The molecule has 1 fully saturated rings. The van der Waals surface area contributed by atoms with Gasteiger partial charge in [-0.15, -0.1) is 0 Å². The number of hydrogen-bond acceptors (Lipinski definition) is 5. The molecule has 0 aromatic carbocycles. The van der Waals surface area contributed by atoms with E-state index < -0.39 is 23.2 Å². The molecule has 0 aromatic heterocycles.